The van der Waals surface area contributed by atoms with Crippen molar-refractivity contribution in [3.05, 3.63) is 12.2 Å². The molecule has 6 unspecified atom stereocenters. The highest BCUT2D eigenvalue weighted by Gasteiger charge is 2.34. The van der Waals surface area contributed by atoms with Gasteiger partial charge in [0.15, 0.2) is 0 Å². The van der Waals surface area contributed by atoms with E-state index in [0.29, 0.717) is 12.5 Å². The minimum Gasteiger partial charge on any atom is -0.446 e. The number of nitrogens with zero attached hydrogens (tertiary/aromatic N) is 2. The Morgan fingerprint density at radius 2 is 1.92 bits per heavy atom. The second-order valence-corrected chi connectivity index (χ2v) is 10.8. The summed E-state index contributed by atoms with van der Waals surface area (Å²) in [4.78, 5) is 21.9. The van der Waals surface area contributed by atoms with Crippen LogP contribution in [0.15, 0.2) is 22.1 Å². The second kappa shape index (κ2) is 17.7. The lowest BCUT2D eigenvalue weighted by Gasteiger charge is -2.33. The molecule has 0 heterocycles. The highest BCUT2D eigenvalue weighted by atomic mass is 16.6. The van der Waals surface area contributed by atoms with Crippen molar-refractivity contribution in [3.8, 4) is 0 Å². The number of unbranched alkanes of at least 4 members (excludes halogenated alkanes) is 2. The summed E-state index contributed by atoms with van der Waals surface area (Å²) in [5.41, 5.74) is 0.756. The molecule has 0 bridgehead atoms. The summed E-state index contributed by atoms with van der Waals surface area (Å²) in [5.74, 6) is 0.477. The van der Waals surface area contributed by atoms with E-state index >= 15 is 0 Å². The lowest BCUT2D eigenvalue weighted by atomic mass is 9.86. The number of rotatable bonds is 18. The number of carbonyl (C=O) groups is 1. The van der Waals surface area contributed by atoms with Crippen LogP contribution >= 0.6 is 0 Å². The molecule has 36 heavy (non-hydrogen) atoms. The van der Waals surface area contributed by atoms with E-state index in [-0.39, 0.29) is 35.9 Å². The van der Waals surface area contributed by atoms with Gasteiger partial charge in [-0.1, -0.05) is 46.1 Å². The molecular formula is C30H55N3O3. The van der Waals surface area contributed by atoms with Gasteiger partial charge in [-0.2, -0.15) is 0 Å². The third kappa shape index (κ3) is 11.6. The van der Waals surface area contributed by atoms with E-state index < -0.39 is 0 Å². The van der Waals surface area contributed by atoms with Crippen molar-refractivity contribution < 1.29 is 14.3 Å². The van der Waals surface area contributed by atoms with Crippen molar-refractivity contribution in [2.45, 2.75) is 149 Å². The molecule has 0 aromatic rings. The normalized spacial score (nSPS) is 22.7. The summed E-state index contributed by atoms with van der Waals surface area (Å²) in [7, 11) is 0. The average molecular weight is 506 g/mol. The Hall–Kier alpha value is -1.69. The van der Waals surface area contributed by atoms with E-state index in [1.807, 2.05) is 13.8 Å². The van der Waals surface area contributed by atoms with Gasteiger partial charge in [-0.05, 0) is 97.8 Å². The number of ether oxygens (including phenoxy) is 2. The van der Waals surface area contributed by atoms with Gasteiger partial charge in [0, 0.05) is 11.8 Å². The zero-order valence-corrected chi connectivity index (χ0v) is 24.4. The predicted molar refractivity (Wildman–Crippen MR) is 154 cm³/mol. The van der Waals surface area contributed by atoms with Gasteiger partial charge in [0.2, 0.25) is 0 Å². The van der Waals surface area contributed by atoms with Crippen LogP contribution in [0.25, 0.3) is 0 Å². The van der Waals surface area contributed by atoms with Crippen molar-refractivity contribution in [1.82, 2.24) is 5.32 Å². The fraction of sp³-hybridized carbons (Fsp3) is 0.833. The van der Waals surface area contributed by atoms with Crippen molar-refractivity contribution in [3.63, 3.8) is 0 Å². The van der Waals surface area contributed by atoms with E-state index in [1.165, 1.54) is 0 Å². The highest BCUT2D eigenvalue weighted by Crippen LogP contribution is 2.33. The quantitative estimate of drug-likeness (QED) is 0.153. The van der Waals surface area contributed by atoms with Crippen molar-refractivity contribution in [2.24, 2.45) is 15.9 Å². The molecule has 6 atom stereocenters. The third-order valence-corrected chi connectivity index (χ3v) is 7.75. The Morgan fingerprint density at radius 3 is 2.53 bits per heavy atom. The molecule has 0 aliphatic heterocycles. The van der Waals surface area contributed by atoms with Gasteiger partial charge in [-0.25, -0.2) is 4.79 Å². The maximum absolute atomic E-state index is 12.2. The van der Waals surface area contributed by atoms with E-state index in [1.54, 1.807) is 0 Å². The standard InChI is InChI=1S/C30H55N3O3/c1-9-17-26(12-4)33-30(7,28(31-8)22-35-24(6)11-3)21-15-13-14-18-25-19-16-20-27(25)36-29(34)32-23(5)10-2/h9,17,23-25,27-28H,8,10-16,18-22H2,1-7H3,(H,32,34). The van der Waals surface area contributed by atoms with E-state index in [9.17, 15) is 4.79 Å². The minimum atomic E-state index is -0.340. The molecule has 0 saturated heterocycles. The Morgan fingerprint density at radius 1 is 1.17 bits per heavy atom. The number of allylic oxidation sites excluding steroid dienone is 2. The molecule has 0 radical (unpaired) electrons. The molecule has 1 aliphatic rings. The van der Waals surface area contributed by atoms with Crippen LogP contribution in [-0.2, 0) is 9.47 Å². The Kier molecular flexibility index (Phi) is 15.9. The first kappa shape index (κ1) is 32.3. The summed E-state index contributed by atoms with van der Waals surface area (Å²) >= 11 is 0. The first-order valence-corrected chi connectivity index (χ1v) is 14.5. The van der Waals surface area contributed by atoms with E-state index in [2.05, 4.69) is 63.8 Å². The smallest absolute Gasteiger partial charge is 0.407 e. The number of alkyl carbamates (subject to hydrolysis) is 1. The first-order chi connectivity index (χ1) is 17.2. The van der Waals surface area contributed by atoms with Gasteiger partial charge in [-0.3, -0.25) is 9.98 Å². The van der Waals surface area contributed by atoms with Crippen LogP contribution in [0.3, 0.4) is 0 Å². The van der Waals surface area contributed by atoms with Gasteiger partial charge in [0.05, 0.1) is 24.3 Å². The summed E-state index contributed by atoms with van der Waals surface area (Å²) in [6.45, 7) is 19.2. The number of hydrogen-bond donors (Lipinski definition) is 1. The monoisotopic (exact) mass is 505 g/mol. The van der Waals surface area contributed by atoms with Crippen LogP contribution in [0.5, 0.6) is 0 Å². The molecule has 208 valence electrons. The maximum atomic E-state index is 12.2. The van der Waals surface area contributed by atoms with Crippen molar-refractivity contribution >= 4 is 18.5 Å². The van der Waals surface area contributed by atoms with Gasteiger partial charge in [0.25, 0.3) is 0 Å². The van der Waals surface area contributed by atoms with Crippen LogP contribution < -0.4 is 5.32 Å². The van der Waals surface area contributed by atoms with Crippen molar-refractivity contribution in [1.29, 1.82) is 0 Å². The molecule has 0 aromatic heterocycles. The molecule has 1 rings (SSSR count). The molecule has 1 N–H and O–H groups in total. The molecular weight excluding hydrogens is 450 g/mol. The molecule has 6 nitrogen and oxygen atoms in total. The van der Waals surface area contributed by atoms with Crippen LogP contribution in [0.1, 0.15) is 119 Å². The summed E-state index contributed by atoms with van der Waals surface area (Å²) < 4.78 is 11.8. The highest BCUT2D eigenvalue weighted by molar-refractivity contribution is 5.95. The number of amides is 1. The number of aliphatic imine (C=N–C) groups is 2. The lowest BCUT2D eigenvalue weighted by Crippen LogP contribution is -2.41. The maximum Gasteiger partial charge on any atom is 0.407 e. The van der Waals surface area contributed by atoms with Crippen molar-refractivity contribution in [2.75, 3.05) is 6.61 Å². The predicted octanol–water partition coefficient (Wildman–Crippen LogP) is 7.70. The Balaban J connectivity index is 2.68. The number of carbonyl (C=O) groups excluding carboxylic acids is 1. The third-order valence-electron chi connectivity index (χ3n) is 7.75. The average Bonchev–Trinajstić information content (AvgIpc) is 3.29. The zero-order valence-electron chi connectivity index (χ0n) is 24.4. The molecule has 0 spiro atoms. The fourth-order valence-corrected chi connectivity index (χ4v) is 4.88. The van der Waals surface area contributed by atoms with Gasteiger partial charge in [-0.15, -0.1) is 0 Å². The summed E-state index contributed by atoms with van der Waals surface area (Å²) in [5, 5.41) is 2.93. The van der Waals surface area contributed by atoms with E-state index in [4.69, 9.17) is 14.5 Å². The van der Waals surface area contributed by atoms with Crippen LogP contribution in [0, 0.1) is 5.92 Å². The topological polar surface area (TPSA) is 72.3 Å². The minimum absolute atomic E-state index is 0.0592. The number of hydrogen-bond acceptors (Lipinski definition) is 5. The van der Waals surface area contributed by atoms with Crippen LogP contribution in [0.2, 0.25) is 0 Å². The number of nitrogens with one attached hydrogen (secondary N) is 1. The largest absolute Gasteiger partial charge is 0.446 e. The van der Waals surface area contributed by atoms with Gasteiger partial charge in [0.1, 0.15) is 6.10 Å². The summed E-state index contributed by atoms with van der Waals surface area (Å²) in [6, 6.07) is 0.0785. The van der Waals surface area contributed by atoms with Gasteiger partial charge >= 0.3 is 6.09 Å². The Labute approximate surface area is 221 Å². The Bertz CT molecular complexity index is 693. The first-order valence-electron chi connectivity index (χ1n) is 14.5. The molecule has 1 saturated carbocycles. The molecule has 1 fully saturated rings. The van der Waals surface area contributed by atoms with Gasteiger partial charge < -0.3 is 14.8 Å². The lowest BCUT2D eigenvalue weighted by molar-refractivity contribution is 0.0413. The van der Waals surface area contributed by atoms with E-state index in [0.717, 1.165) is 76.3 Å². The molecule has 1 amide bonds. The van der Waals surface area contributed by atoms with Crippen LogP contribution in [0.4, 0.5) is 4.79 Å². The summed E-state index contributed by atoms with van der Waals surface area (Å²) in [6.07, 6.45) is 15.6. The SMILES string of the molecule is C=NC(COC(C)CC)C(C)(CCCCCC1CCCC1OC(=O)NC(C)CC)N=C(C=CC)CC. The fourth-order valence-electron chi connectivity index (χ4n) is 4.88. The molecule has 0 aromatic carbocycles. The molecule has 6 heteroatoms. The zero-order chi connectivity index (χ0) is 27.0. The molecule has 1 aliphatic carbocycles. The second-order valence-electron chi connectivity index (χ2n) is 10.8. The van der Waals surface area contributed by atoms with Crippen LogP contribution in [-0.4, -0.2) is 55.0 Å².